The highest BCUT2D eigenvalue weighted by Crippen LogP contribution is 2.28. The van der Waals surface area contributed by atoms with Crippen LogP contribution in [-0.4, -0.2) is 15.0 Å². The van der Waals surface area contributed by atoms with Gasteiger partial charge in [0.15, 0.2) is 0 Å². The number of nitro benzene ring substituents is 1. The summed E-state index contributed by atoms with van der Waals surface area (Å²) in [5, 5.41) is 21.0. The van der Waals surface area contributed by atoms with Crippen molar-refractivity contribution in [2.45, 2.75) is 12.5 Å². The lowest BCUT2D eigenvalue weighted by molar-refractivity contribution is -0.384. The quantitative estimate of drug-likeness (QED) is 0.663. The van der Waals surface area contributed by atoms with E-state index in [1.807, 2.05) is 0 Å². The molecule has 92 valence electrons. The van der Waals surface area contributed by atoms with Crippen LogP contribution in [0.2, 0.25) is 0 Å². The Kier molecular flexibility index (Phi) is 3.08. The molecule has 0 radical (unpaired) electrons. The van der Waals surface area contributed by atoms with E-state index in [0.717, 1.165) is 0 Å². The minimum atomic E-state index is -1.27. The van der Waals surface area contributed by atoms with E-state index in [9.17, 15) is 15.2 Å². The number of hydrogen-bond donors (Lipinski definition) is 1. The molecule has 0 aliphatic carbocycles. The molecule has 1 unspecified atom stereocenters. The zero-order chi connectivity index (χ0) is 13.2. The van der Waals surface area contributed by atoms with E-state index in [0.29, 0.717) is 11.3 Å². The first kappa shape index (κ1) is 12.2. The topological polar surface area (TPSA) is 76.3 Å². The van der Waals surface area contributed by atoms with Crippen molar-refractivity contribution in [3.8, 4) is 0 Å². The first-order chi connectivity index (χ1) is 8.51. The van der Waals surface area contributed by atoms with E-state index in [2.05, 4.69) is 4.98 Å². The number of benzene rings is 1. The van der Waals surface area contributed by atoms with Crippen molar-refractivity contribution in [3.05, 3.63) is 70.0 Å². The summed E-state index contributed by atoms with van der Waals surface area (Å²) in [5.74, 6) is 0. The summed E-state index contributed by atoms with van der Waals surface area (Å²) in [6.07, 6.45) is 1.59. The van der Waals surface area contributed by atoms with Crippen LogP contribution >= 0.6 is 0 Å². The molecular formula is C13H12N2O3. The summed E-state index contributed by atoms with van der Waals surface area (Å²) < 4.78 is 0. The summed E-state index contributed by atoms with van der Waals surface area (Å²) in [6, 6.07) is 11.1. The third-order valence-corrected chi connectivity index (χ3v) is 2.80. The van der Waals surface area contributed by atoms with Crippen molar-refractivity contribution in [1.82, 2.24) is 4.98 Å². The molecule has 0 bridgehead atoms. The molecular weight excluding hydrogens is 232 g/mol. The molecule has 0 aliphatic rings. The zero-order valence-electron chi connectivity index (χ0n) is 9.78. The lowest BCUT2D eigenvalue weighted by atomic mass is 9.92. The molecule has 1 aromatic heterocycles. The van der Waals surface area contributed by atoms with Gasteiger partial charge in [-0.1, -0.05) is 6.07 Å². The van der Waals surface area contributed by atoms with Crippen LogP contribution in [0.25, 0.3) is 0 Å². The van der Waals surface area contributed by atoms with E-state index in [1.165, 1.54) is 24.3 Å². The molecule has 1 heterocycles. The molecule has 0 fully saturated rings. The predicted octanol–water partition coefficient (Wildman–Crippen LogP) is 2.25. The number of nitro groups is 1. The van der Waals surface area contributed by atoms with Crippen LogP contribution < -0.4 is 0 Å². The summed E-state index contributed by atoms with van der Waals surface area (Å²) in [7, 11) is 0. The summed E-state index contributed by atoms with van der Waals surface area (Å²) in [4.78, 5) is 14.2. The number of nitrogens with zero attached hydrogens (tertiary/aromatic N) is 2. The van der Waals surface area contributed by atoms with E-state index in [4.69, 9.17) is 0 Å². The Morgan fingerprint density at radius 3 is 2.39 bits per heavy atom. The monoisotopic (exact) mass is 244 g/mol. The maximum Gasteiger partial charge on any atom is 0.269 e. The van der Waals surface area contributed by atoms with Gasteiger partial charge in [0.25, 0.3) is 5.69 Å². The molecule has 0 amide bonds. The van der Waals surface area contributed by atoms with Gasteiger partial charge in [-0.25, -0.2) is 0 Å². The standard InChI is InChI=1S/C13H12N2O3/c1-13(16,12-4-2-3-9-14-12)10-5-7-11(8-6-10)15(17)18/h2-9,16H,1H3. The van der Waals surface area contributed by atoms with Gasteiger partial charge in [0, 0.05) is 18.3 Å². The third kappa shape index (κ3) is 2.21. The predicted molar refractivity (Wildman–Crippen MR) is 66.0 cm³/mol. The molecule has 0 saturated heterocycles. The summed E-state index contributed by atoms with van der Waals surface area (Å²) in [5.41, 5.74) is -0.211. The van der Waals surface area contributed by atoms with Gasteiger partial charge in [-0.05, 0) is 36.8 Å². The Hall–Kier alpha value is -2.27. The molecule has 1 aromatic carbocycles. The molecule has 2 aromatic rings. The lowest BCUT2D eigenvalue weighted by Crippen LogP contribution is -2.23. The van der Waals surface area contributed by atoms with Crippen LogP contribution in [0.3, 0.4) is 0 Å². The Morgan fingerprint density at radius 1 is 1.22 bits per heavy atom. The van der Waals surface area contributed by atoms with Crippen LogP contribution in [0.5, 0.6) is 0 Å². The van der Waals surface area contributed by atoms with Gasteiger partial charge in [-0.15, -0.1) is 0 Å². The molecule has 1 N–H and O–H groups in total. The molecule has 1 atom stereocenters. The van der Waals surface area contributed by atoms with Gasteiger partial charge < -0.3 is 5.11 Å². The first-order valence-electron chi connectivity index (χ1n) is 5.40. The van der Waals surface area contributed by atoms with E-state index in [-0.39, 0.29) is 5.69 Å². The summed E-state index contributed by atoms with van der Waals surface area (Å²) in [6.45, 7) is 1.61. The Balaban J connectivity index is 2.39. The van der Waals surface area contributed by atoms with E-state index < -0.39 is 10.5 Å². The van der Waals surface area contributed by atoms with Crippen molar-refractivity contribution in [3.63, 3.8) is 0 Å². The van der Waals surface area contributed by atoms with Crippen molar-refractivity contribution >= 4 is 5.69 Å². The largest absolute Gasteiger partial charge is 0.379 e. The van der Waals surface area contributed by atoms with Gasteiger partial charge in [0.1, 0.15) is 5.60 Å². The molecule has 5 nitrogen and oxygen atoms in total. The van der Waals surface area contributed by atoms with Crippen molar-refractivity contribution < 1.29 is 10.0 Å². The minimum Gasteiger partial charge on any atom is -0.379 e. The van der Waals surface area contributed by atoms with Gasteiger partial charge in [0.2, 0.25) is 0 Å². The number of hydrogen-bond acceptors (Lipinski definition) is 4. The third-order valence-electron chi connectivity index (χ3n) is 2.80. The van der Waals surface area contributed by atoms with Crippen molar-refractivity contribution in [2.24, 2.45) is 0 Å². The molecule has 0 aliphatic heterocycles. The van der Waals surface area contributed by atoms with Gasteiger partial charge in [0.05, 0.1) is 10.6 Å². The van der Waals surface area contributed by atoms with Crippen LogP contribution in [0.1, 0.15) is 18.2 Å². The number of pyridine rings is 1. The average Bonchev–Trinajstić information content (AvgIpc) is 2.40. The highest BCUT2D eigenvalue weighted by molar-refractivity contribution is 5.38. The van der Waals surface area contributed by atoms with Gasteiger partial charge in [-0.2, -0.15) is 0 Å². The van der Waals surface area contributed by atoms with E-state index >= 15 is 0 Å². The van der Waals surface area contributed by atoms with Crippen LogP contribution in [0, 0.1) is 10.1 Å². The number of aromatic nitrogens is 1. The fourth-order valence-electron chi connectivity index (χ4n) is 1.71. The number of non-ortho nitro benzene ring substituents is 1. The Bertz CT molecular complexity index is 550. The molecule has 0 saturated carbocycles. The maximum absolute atomic E-state index is 10.6. The van der Waals surface area contributed by atoms with Gasteiger partial charge in [-0.3, -0.25) is 15.1 Å². The Labute approximate surface area is 104 Å². The zero-order valence-corrected chi connectivity index (χ0v) is 9.78. The molecule has 5 heteroatoms. The fourth-order valence-corrected chi connectivity index (χ4v) is 1.71. The van der Waals surface area contributed by atoms with Crippen molar-refractivity contribution in [2.75, 3.05) is 0 Å². The molecule has 0 spiro atoms. The highest BCUT2D eigenvalue weighted by atomic mass is 16.6. The maximum atomic E-state index is 10.6. The van der Waals surface area contributed by atoms with Crippen LogP contribution in [0.4, 0.5) is 5.69 Å². The normalized spacial score (nSPS) is 13.9. The second kappa shape index (κ2) is 4.54. The van der Waals surface area contributed by atoms with Crippen molar-refractivity contribution in [1.29, 1.82) is 0 Å². The van der Waals surface area contributed by atoms with E-state index in [1.54, 1.807) is 31.3 Å². The molecule has 2 rings (SSSR count). The molecule has 18 heavy (non-hydrogen) atoms. The Morgan fingerprint density at radius 2 is 1.89 bits per heavy atom. The minimum absolute atomic E-state index is 0.00410. The average molecular weight is 244 g/mol. The SMILES string of the molecule is CC(O)(c1ccc([N+](=O)[O-])cc1)c1ccccn1. The summed E-state index contributed by atoms with van der Waals surface area (Å²) >= 11 is 0. The first-order valence-corrected chi connectivity index (χ1v) is 5.40. The number of rotatable bonds is 3. The highest BCUT2D eigenvalue weighted by Gasteiger charge is 2.27. The lowest BCUT2D eigenvalue weighted by Gasteiger charge is -2.22. The van der Waals surface area contributed by atoms with Crippen LogP contribution in [0.15, 0.2) is 48.7 Å². The fraction of sp³-hybridized carbons (Fsp3) is 0.154. The smallest absolute Gasteiger partial charge is 0.269 e. The van der Waals surface area contributed by atoms with Gasteiger partial charge >= 0.3 is 0 Å². The number of aliphatic hydroxyl groups is 1. The van der Waals surface area contributed by atoms with Crippen LogP contribution in [-0.2, 0) is 5.60 Å². The second-order valence-corrected chi connectivity index (χ2v) is 4.09. The second-order valence-electron chi connectivity index (χ2n) is 4.09.